The fourth-order valence-electron chi connectivity index (χ4n) is 4.97. The molecule has 0 saturated heterocycles. The average molecular weight is 641 g/mol. The summed E-state index contributed by atoms with van der Waals surface area (Å²) in [5.41, 5.74) is 3.71. The Hall–Kier alpha value is -3.97. The minimum absolute atomic E-state index is 0.123. The molecular weight excluding hydrogens is 618 g/mol. The topological polar surface area (TPSA) is 128 Å². The van der Waals surface area contributed by atoms with Gasteiger partial charge in [-0.3, -0.25) is 0 Å². The van der Waals surface area contributed by atoms with Gasteiger partial charge in [0.1, 0.15) is 16.5 Å². The molecule has 2 heterocycles. The van der Waals surface area contributed by atoms with Crippen molar-refractivity contribution in [2.24, 2.45) is 11.1 Å². The van der Waals surface area contributed by atoms with Crippen LogP contribution < -0.4 is 5.14 Å². The summed E-state index contributed by atoms with van der Waals surface area (Å²) in [4.78, 5) is 15.3. The number of hydrogen-bond acceptors (Lipinski definition) is 6. The number of carboxylic acid groups (broad SMARTS) is 1. The zero-order chi connectivity index (χ0) is 30.5. The van der Waals surface area contributed by atoms with E-state index in [0.717, 1.165) is 42.0 Å². The van der Waals surface area contributed by atoms with Gasteiger partial charge in [-0.05, 0) is 78.8 Å². The van der Waals surface area contributed by atoms with E-state index in [2.05, 4.69) is 4.98 Å². The molecule has 3 aromatic carbocycles. The van der Waals surface area contributed by atoms with Crippen LogP contribution in [0.1, 0.15) is 40.2 Å². The summed E-state index contributed by atoms with van der Waals surface area (Å²) >= 11 is 7.30. The largest absolute Gasteiger partial charge is 0.476 e. The predicted octanol–water partition coefficient (Wildman–Crippen LogP) is 6.48. The first kappa shape index (κ1) is 29.1. The third-order valence-electron chi connectivity index (χ3n) is 7.22. The zero-order valence-corrected chi connectivity index (χ0v) is 24.7. The Bertz CT molecular complexity index is 2010. The number of thiazole rings is 1. The number of primary sulfonamides is 1. The molecule has 0 spiro atoms. The molecule has 6 rings (SSSR count). The van der Waals surface area contributed by atoms with E-state index in [0.29, 0.717) is 56.0 Å². The summed E-state index contributed by atoms with van der Waals surface area (Å²) in [5, 5.41) is 21.7. The summed E-state index contributed by atoms with van der Waals surface area (Å²) in [6.45, 7) is 0. The highest BCUT2D eigenvalue weighted by molar-refractivity contribution is 7.89. The van der Waals surface area contributed by atoms with Gasteiger partial charge in [-0.1, -0.05) is 29.8 Å². The maximum Gasteiger partial charge on any atom is 0.355 e. The summed E-state index contributed by atoms with van der Waals surface area (Å²) in [6, 6.07) is 15.1. The second-order valence-corrected chi connectivity index (χ2v) is 13.1. The summed E-state index contributed by atoms with van der Waals surface area (Å²) in [7, 11) is -4.26. The van der Waals surface area contributed by atoms with Gasteiger partial charge in [0.25, 0.3) is 0 Å². The molecule has 1 aliphatic rings. The highest BCUT2D eigenvalue weighted by Crippen LogP contribution is 2.39. The van der Waals surface area contributed by atoms with Crippen molar-refractivity contribution in [3.8, 4) is 27.5 Å². The lowest BCUT2D eigenvalue weighted by atomic mass is 9.95. The quantitative estimate of drug-likeness (QED) is 0.190. The van der Waals surface area contributed by atoms with Crippen LogP contribution in [0.4, 0.5) is 8.78 Å². The maximum atomic E-state index is 15.1. The van der Waals surface area contributed by atoms with Crippen molar-refractivity contribution in [2.45, 2.75) is 30.6 Å². The molecule has 1 fully saturated rings. The molecule has 2 aromatic heterocycles. The summed E-state index contributed by atoms with van der Waals surface area (Å²) in [5.74, 6) is -2.24. The van der Waals surface area contributed by atoms with Gasteiger partial charge < -0.3 is 5.11 Å². The molecular formula is C30H23ClF2N4O4S2. The Labute approximate surface area is 254 Å². The number of aromatic carboxylic acids is 1. The van der Waals surface area contributed by atoms with E-state index in [1.807, 2.05) is 0 Å². The van der Waals surface area contributed by atoms with Crippen LogP contribution in [-0.2, 0) is 22.9 Å². The van der Waals surface area contributed by atoms with Crippen LogP contribution in [0, 0.1) is 17.6 Å². The number of aromatic nitrogens is 3. The molecule has 0 unspecified atom stereocenters. The van der Waals surface area contributed by atoms with Gasteiger partial charge >= 0.3 is 5.97 Å². The van der Waals surface area contributed by atoms with Gasteiger partial charge in [-0.2, -0.15) is 5.10 Å². The molecule has 3 N–H and O–H groups in total. The molecule has 0 amide bonds. The number of sulfonamides is 1. The van der Waals surface area contributed by atoms with Gasteiger partial charge in [-0.25, -0.2) is 36.8 Å². The predicted molar refractivity (Wildman–Crippen MR) is 159 cm³/mol. The minimum atomic E-state index is -4.26. The molecule has 0 radical (unpaired) electrons. The van der Waals surface area contributed by atoms with Crippen LogP contribution >= 0.6 is 22.9 Å². The van der Waals surface area contributed by atoms with E-state index in [1.54, 1.807) is 41.1 Å². The Morgan fingerprint density at radius 3 is 2.51 bits per heavy atom. The molecule has 43 heavy (non-hydrogen) atoms. The number of rotatable bonds is 9. The second-order valence-electron chi connectivity index (χ2n) is 10.3. The van der Waals surface area contributed by atoms with Crippen molar-refractivity contribution < 1.29 is 27.1 Å². The standard InChI is InChI=1S/C30H23ClF2N4O4S2/c31-20-3-1-2-18(13-20)21-14-19(7-8-23(21)32)28-22(10-17-6-9-27(24(33)11-17)43(34,40)41)26(12-16-4-5-16)37(36-28)30-35-25(15-42-30)29(38)39/h1-3,6-9,11,13-16H,4-5,10,12H2,(H,38,39)(H2,34,40,41). The lowest BCUT2D eigenvalue weighted by Crippen LogP contribution is -2.14. The van der Waals surface area contributed by atoms with E-state index in [9.17, 15) is 22.7 Å². The molecule has 13 heteroatoms. The number of halogens is 3. The van der Waals surface area contributed by atoms with Crippen LogP contribution in [0.3, 0.4) is 0 Å². The van der Waals surface area contributed by atoms with Gasteiger partial charge in [0, 0.05) is 33.5 Å². The zero-order valence-electron chi connectivity index (χ0n) is 22.3. The Balaban J connectivity index is 1.55. The van der Waals surface area contributed by atoms with Crippen molar-refractivity contribution in [3.05, 3.63) is 105 Å². The molecule has 0 bridgehead atoms. The van der Waals surface area contributed by atoms with E-state index >= 15 is 4.39 Å². The lowest BCUT2D eigenvalue weighted by molar-refractivity contribution is 0.0691. The number of nitrogens with zero attached hydrogens (tertiary/aromatic N) is 3. The number of benzene rings is 3. The van der Waals surface area contributed by atoms with Crippen LogP contribution in [0.5, 0.6) is 0 Å². The first-order chi connectivity index (χ1) is 20.5. The molecule has 220 valence electrons. The normalized spacial score (nSPS) is 13.4. The van der Waals surface area contributed by atoms with Crippen molar-refractivity contribution in [3.63, 3.8) is 0 Å². The SMILES string of the molecule is NS(=O)(=O)c1ccc(Cc2c(-c3ccc(F)c(-c4cccc(Cl)c4)c3)nn(-c3nc(C(=O)O)cs3)c2CC2CC2)cc1F. The molecule has 8 nitrogen and oxygen atoms in total. The Kier molecular flexibility index (Phi) is 7.63. The number of nitrogens with two attached hydrogens (primary N) is 1. The molecule has 0 atom stereocenters. The maximum absolute atomic E-state index is 15.1. The fraction of sp³-hybridized carbons (Fsp3) is 0.167. The van der Waals surface area contributed by atoms with Crippen molar-refractivity contribution in [1.82, 2.24) is 14.8 Å². The van der Waals surface area contributed by atoms with Gasteiger partial charge in [-0.15, -0.1) is 11.3 Å². The van der Waals surface area contributed by atoms with Crippen LogP contribution in [0.2, 0.25) is 5.02 Å². The molecule has 0 aliphatic heterocycles. The van der Waals surface area contributed by atoms with Gasteiger partial charge in [0.15, 0.2) is 5.69 Å². The summed E-state index contributed by atoms with van der Waals surface area (Å²) in [6.07, 6.45) is 2.77. The highest BCUT2D eigenvalue weighted by Gasteiger charge is 2.30. The Morgan fingerprint density at radius 2 is 1.86 bits per heavy atom. The first-order valence-corrected chi connectivity index (χ1v) is 16.0. The van der Waals surface area contributed by atoms with Gasteiger partial charge in [0.05, 0.1) is 11.4 Å². The third kappa shape index (κ3) is 6.09. The highest BCUT2D eigenvalue weighted by atomic mass is 35.5. The monoisotopic (exact) mass is 640 g/mol. The molecule has 1 saturated carbocycles. The van der Waals surface area contributed by atoms with Crippen molar-refractivity contribution >= 4 is 38.9 Å². The van der Waals surface area contributed by atoms with E-state index in [4.69, 9.17) is 21.8 Å². The van der Waals surface area contributed by atoms with E-state index in [-0.39, 0.29) is 12.1 Å². The third-order valence-corrected chi connectivity index (χ3v) is 9.22. The number of carbonyl (C=O) groups is 1. The van der Waals surface area contributed by atoms with Crippen LogP contribution in [0.25, 0.3) is 27.5 Å². The Morgan fingerprint density at radius 1 is 1.07 bits per heavy atom. The van der Waals surface area contributed by atoms with E-state index < -0.39 is 32.5 Å². The molecule has 5 aromatic rings. The second kappa shape index (κ2) is 11.3. The fourth-order valence-corrected chi connectivity index (χ4v) is 6.52. The van der Waals surface area contributed by atoms with Gasteiger partial charge in [0.2, 0.25) is 15.2 Å². The van der Waals surface area contributed by atoms with Crippen LogP contribution in [0.15, 0.2) is 70.9 Å². The number of hydrogen-bond donors (Lipinski definition) is 2. The number of carboxylic acids is 1. The van der Waals surface area contributed by atoms with E-state index in [1.165, 1.54) is 17.5 Å². The van der Waals surface area contributed by atoms with Crippen LogP contribution in [-0.4, -0.2) is 34.3 Å². The first-order valence-electron chi connectivity index (χ1n) is 13.1. The van der Waals surface area contributed by atoms with Crippen molar-refractivity contribution in [2.75, 3.05) is 0 Å². The lowest BCUT2D eigenvalue weighted by Gasteiger charge is -2.11. The smallest absolute Gasteiger partial charge is 0.355 e. The average Bonchev–Trinajstić information content (AvgIpc) is 3.50. The summed E-state index contributed by atoms with van der Waals surface area (Å²) < 4.78 is 55.2. The molecule has 1 aliphatic carbocycles. The van der Waals surface area contributed by atoms with Crippen molar-refractivity contribution in [1.29, 1.82) is 0 Å². The minimum Gasteiger partial charge on any atom is -0.476 e.